The molecule has 3 heteroatoms. The van der Waals surface area contributed by atoms with E-state index in [9.17, 15) is 0 Å². The molecule has 0 N–H and O–H groups in total. The summed E-state index contributed by atoms with van der Waals surface area (Å²) < 4.78 is 1.89. The summed E-state index contributed by atoms with van der Waals surface area (Å²) in [5.41, 5.74) is 3.16. The van der Waals surface area contributed by atoms with Gasteiger partial charge in [0.2, 0.25) is 0 Å². The van der Waals surface area contributed by atoms with E-state index in [1.165, 1.54) is 0 Å². The molecule has 0 unspecified atom stereocenters. The van der Waals surface area contributed by atoms with Crippen LogP contribution in [-0.2, 0) is 5.41 Å². The minimum Gasteiger partial charge on any atom is -0.235 e. The lowest BCUT2D eigenvalue weighted by Crippen LogP contribution is -2.15. The van der Waals surface area contributed by atoms with E-state index in [1.807, 2.05) is 29.8 Å². The predicted octanol–water partition coefficient (Wildman–Crippen LogP) is 2.34. The van der Waals surface area contributed by atoms with Gasteiger partial charge in [-0.2, -0.15) is 5.10 Å². The van der Waals surface area contributed by atoms with Gasteiger partial charge in [0, 0.05) is 5.41 Å². The smallest absolute Gasteiger partial charge is 0.153 e. The van der Waals surface area contributed by atoms with Crippen molar-refractivity contribution in [2.45, 2.75) is 33.1 Å². The van der Waals surface area contributed by atoms with Crippen molar-refractivity contribution in [2.75, 3.05) is 0 Å². The van der Waals surface area contributed by atoms with Crippen molar-refractivity contribution < 1.29 is 0 Å². The minimum absolute atomic E-state index is 0.0882. The summed E-state index contributed by atoms with van der Waals surface area (Å²) in [5.74, 6) is 0. The quantitative estimate of drug-likeness (QED) is 0.636. The van der Waals surface area contributed by atoms with Gasteiger partial charge < -0.3 is 0 Å². The van der Waals surface area contributed by atoms with Gasteiger partial charge in [-0.15, -0.1) is 0 Å². The number of nitrogens with zero attached hydrogens (tertiary/aromatic N) is 3. The van der Waals surface area contributed by atoms with Crippen molar-refractivity contribution >= 4 is 5.65 Å². The Morgan fingerprint density at radius 1 is 1.21 bits per heavy atom. The molecule has 0 aliphatic rings. The van der Waals surface area contributed by atoms with E-state index in [0.29, 0.717) is 0 Å². The van der Waals surface area contributed by atoms with Crippen LogP contribution in [0, 0.1) is 6.92 Å². The first-order chi connectivity index (χ1) is 6.48. The van der Waals surface area contributed by atoms with Gasteiger partial charge in [0.25, 0.3) is 0 Å². The van der Waals surface area contributed by atoms with E-state index >= 15 is 0 Å². The Bertz CT molecular complexity index is 463. The summed E-state index contributed by atoms with van der Waals surface area (Å²) in [6.45, 7) is 8.49. The number of rotatable bonds is 0. The molecule has 0 bridgehead atoms. The van der Waals surface area contributed by atoms with Gasteiger partial charge >= 0.3 is 0 Å². The molecule has 0 saturated carbocycles. The highest BCUT2D eigenvalue weighted by atomic mass is 15.3. The van der Waals surface area contributed by atoms with Crippen molar-refractivity contribution in [2.24, 2.45) is 0 Å². The Hall–Kier alpha value is -1.38. The summed E-state index contributed by atoms with van der Waals surface area (Å²) >= 11 is 0. The number of hydrogen-bond acceptors (Lipinski definition) is 2. The van der Waals surface area contributed by atoms with Crippen molar-refractivity contribution in [3.05, 3.63) is 29.7 Å². The maximum Gasteiger partial charge on any atom is 0.153 e. The second-order valence-corrected chi connectivity index (χ2v) is 4.64. The fraction of sp³-hybridized carbons (Fsp3) is 0.455. The second-order valence-electron chi connectivity index (χ2n) is 4.64. The molecule has 0 fully saturated rings. The molecule has 0 spiro atoms. The molecule has 0 aliphatic heterocycles. The maximum absolute atomic E-state index is 4.56. The molecule has 2 heterocycles. The number of fused-ring (bicyclic) bond motifs is 1. The summed E-state index contributed by atoms with van der Waals surface area (Å²) in [7, 11) is 0. The molecule has 0 aromatic carbocycles. The van der Waals surface area contributed by atoms with Crippen LogP contribution in [0.4, 0.5) is 0 Å². The first kappa shape index (κ1) is 9.19. The summed E-state index contributed by atoms with van der Waals surface area (Å²) in [4.78, 5) is 4.24. The summed E-state index contributed by atoms with van der Waals surface area (Å²) in [5, 5.41) is 4.56. The zero-order valence-electron chi connectivity index (χ0n) is 9.07. The van der Waals surface area contributed by atoms with Gasteiger partial charge in [-0.05, 0) is 19.1 Å². The molecule has 0 aliphatic carbocycles. The van der Waals surface area contributed by atoms with Crippen LogP contribution in [-0.4, -0.2) is 14.6 Å². The van der Waals surface area contributed by atoms with Crippen LogP contribution in [0.2, 0.25) is 0 Å². The fourth-order valence-corrected chi connectivity index (χ4v) is 1.39. The lowest BCUT2D eigenvalue weighted by atomic mass is 9.92. The SMILES string of the molecule is Cc1cnc2ccc(C(C)(C)C)nn12. The molecule has 0 saturated heterocycles. The average Bonchev–Trinajstić information content (AvgIpc) is 2.46. The Kier molecular flexibility index (Phi) is 1.84. The van der Waals surface area contributed by atoms with E-state index in [0.717, 1.165) is 17.0 Å². The normalized spacial score (nSPS) is 12.3. The number of imidazole rings is 1. The molecule has 3 nitrogen and oxygen atoms in total. The van der Waals surface area contributed by atoms with E-state index in [-0.39, 0.29) is 5.41 Å². The molecule has 2 aromatic heterocycles. The zero-order valence-corrected chi connectivity index (χ0v) is 9.07. The summed E-state index contributed by atoms with van der Waals surface area (Å²) in [6.07, 6.45) is 1.84. The van der Waals surface area contributed by atoms with Gasteiger partial charge in [-0.1, -0.05) is 20.8 Å². The zero-order chi connectivity index (χ0) is 10.3. The predicted molar refractivity (Wildman–Crippen MR) is 56.4 cm³/mol. The number of aryl methyl sites for hydroxylation is 1. The van der Waals surface area contributed by atoms with Crippen molar-refractivity contribution in [1.82, 2.24) is 14.6 Å². The highest BCUT2D eigenvalue weighted by Gasteiger charge is 2.16. The molecular formula is C11H15N3. The minimum atomic E-state index is 0.0882. The van der Waals surface area contributed by atoms with Crippen LogP contribution >= 0.6 is 0 Å². The maximum atomic E-state index is 4.56. The van der Waals surface area contributed by atoms with Crippen LogP contribution < -0.4 is 0 Å². The summed E-state index contributed by atoms with van der Waals surface area (Å²) in [6, 6.07) is 4.06. The van der Waals surface area contributed by atoms with Crippen LogP contribution in [0.15, 0.2) is 18.3 Å². The molecule has 0 atom stereocenters. The molecule has 2 aromatic rings. The van der Waals surface area contributed by atoms with E-state index in [4.69, 9.17) is 0 Å². The van der Waals surface area contributed by atoms with Crippen molar-refractivity contribution in [3.8, 4) is 0 Å². The van der Waals surface area contributed by atoms with E-state index in [2.05, 4.69) is 30.9 Å². The standard InChI is InChI=1S/C11H15N3/c1-8-7-12-10-6-5-9(11(2,3)4)13-14(8)10/h5-7H,1-4H3. The molecule has 14 heavy (non-hydrogen) atoms. The second kappa shape index (κ2) is 2.80. The third-order valence-corrected chi connectivity index (χ3v) is 2.30. The van der Waals surface area contributed by atoms with Gasteiger partial charge in [-0.25, -0.2) is 9.50 Å². The molecular weight excluding hydrogens is 174 g/mol. The lowest BCUT2D eigenvalue weighted by Gasteiger charge is -2.17. The van der Waals surface area contributed by atoms with E-state index < -0.39 is 0 Å². The van der Waals surface area contributed by atoms with Gasteiger partial charge in [0.1, 0.15) is 0 Å². The first-order valence-corrected chi connectivity index (χ1v) is 4.80. The molecule has 0 amide bonds. The number of aromatic nitrogens is 3. The lowest BCUT2D eigenvalue weighted by molar-refractivity contribution is 0.553. The van der Waals surface area contributed by atoms with Crippen LogP contribution in [0.3, 0.4) is 0 Å². The molecule has 74 valence electrons. The molecule has 2 rings (SSSR count). The van der Waals surface area contributed by atoms with E-state index in [1.54, 1.807) is 0 Å². The van der Waals surface area contributed by atoms with Crippen LogP contribution in [0.25, 0.3) is 5.65 Å². The monoisotopic (exact) mass is 189 g/mol. The first-order valence-electron chi connectivity index (χ1n) is 4.80. The van der Waals surface area contributed by atoms with Crippen LogP contribution in [0.5, 0.6) is 0 Å². The largest absolute Gasteiger partial charge is 0.235 e. The van der Waals surface area contributed by atoms with Gasteiger partial charge in [-0.3, -0.25) is 0 Å². The Morgan fingerprint density at radius 3 is 2.57 bits per heavy atom. The molecule has 0 radical (unpaired) electrons. The third kappa shape index (κ3) is 1.39. The van der Waals surface area contributed by atoms with Crippen molar-refractivity contribution in [1.29, 1.82) is 0 Å². The Labute approximate surface area is 83.8 Å². The van der Waals surface area contributed by atoms with Gasteiger partial charge in [0.05, 0.1) is 17.6 Å². The van der Waals surface area contributed by atoms with Crippen LogP contribution in [0.1, 0.15) is 32.2 Å². The third-order valence-electron chi connectivity index (χ3n) is 2.30. The van der Waals surface area contributed by atoms with Gasteiger partial charge in [0.15, 0.2) is 5.65 Å². The number of hydrogen-bond donors (Lipinski definition) is 0. The Balaban J connectivity index is 2.66. The van der Waals surface area contributed by atoms with Crippen molar-refractivity contribution in [3.63, 3.8) is 0 Å². The highest BCUT2D eigenvalue weighted by Crippen LogP contribution is 2.19. The average molecular weight is 189 g/mol. The Morgan fingerprint density at radius 2 is 1.93 bits per heavy atom. The highest BCUT2D eigenvalue weighted by molar-refractivity contribution is 5.39. The fourth-order valence-electron chi connectivity index (χ4n) is 1.39. The topological polar surface area (TPSA) is 30.2 Å².